The quantitative estimate of drug-likeness (QED) is 0.436. The molecule has 0 aliphatic heterocycles. The molecule has 2 radical (unpaired) electrons. The number of hydrogen-bond acceptors (Lipinski definition) is 1. The van der Waals surface area contributed by atoms with Crippen LogP contribution in [0, 0.1) is 0 Å². The minimum absolute atomic E-state index is 0.327. The molecule has 0 aliphatic carbocycles. The third-order valence-electron chi connectivity index (χ3n) is 0.967. The van der Waals surface area contributed by atoms with Crippen LogP contribution in [0.5, 0.6) is 0 Å². The summed E-state index contributed by atoms with van der Waals surface area (Å²) in [6.07, 6.45) is 6.12. The first-order valence-corrected chi connectivity index (χ1v) is 3.05. The lowest BCUT2D eigenvalue weighted by molar-refractivity contribution is 0.770. The van der Waals surface area contributed by atoms with Gasteiger partial charge in [0.15, 0.2) is 0 Å². The molecule has 0 saturated heterocycles. The lowest BCUT2D eigenvalue weighted by Crippen LogP contribution is -2.16. The molecular formula is C7H12BN. The highest BCUT2D eigenvalue weighted by Gasteiger charge is 1.84. The minimum Gasteiger partial charge on any atom is -0.385 e. The van der Waals surface area contributed by atoms with Crippen molar-refractivity contribution in [1.29, 1.82) is 0 Å². The predicted molar refractivity (Wildman–Crippen MR) is 42.5 cm³/mol. The van der Waals surface area contributed by atoms with E-state index in [9.17, 15) is 0 Å². The Labute approximate surface area is 58.3 Å². The average Bonchev–Trinajstić information content (AvgIpc) is 1.89. The molecule has 0 aromatic rings. The van der Waals surface area contributed by atoms with Crippen LogP contribution in [-0.2, 0) is 0 Å². The maximum atomic E-state index is 5.20. The Morgan fingerprint density at radius 1 is 1.78 bits per heavy atom. The molecule has 0 heterocycles. The van der Waals surface area contributed by atoms with Crippen LogP contribution in [0.2, 0.25) is 6.32 Å². The molecule has 1 atom stereocenters. The molecule has 0 rings (SSSR count). The van der Waals surface area contributed by atoms with Gasteiger partial charge in [-0.15, -0.1) is 6.58 Å². The lowest BCUT2D eigenvalue weighted by atomic mass is 10.1. The van der Waals surface area contributed by atoms with E-state index in [-0.39, 0.29) is 0 Å². The number of allylic oxidation sites excluding steroid dienone is 1. The van der Waals surface area contributed by atoms with Crippen molar-refractivity contribution in [2.45, 2.75) is 19.3 Å². The van der Waals surface area contributed by atoms with Gasteiger partial charge in [-0.25, -0.2) is 0 Å². The highest BCUT2D eigenvalue weighted by atomic mass is 14.9. The molecule has 0 bridgehead atoms. The number of nitrogens with one attached hydrogen (secondary N) is 1. The highest BCUT2D eigenvalue weighted by Crippen LogP contribution is 1.81. The van der Waals surface area contributed by atoms with Crippen LogP contribution in [0.4, 0.5) is 0 Å². The maximum Gasteiger partial charge on any atom is 0.0709 e. The van der Waals surface area contributed by atoms with Crippen LogP contribution in [-0.4, -0.2) is 13.9 Å². The zero-order chi connectivity index (χ0) is 7.11. The summed E-state index contributed by atoms with van der Waals surface area (Å²) in [5.74, 6) is 0. The van der Waals surface area contributed by atoms with Crippen molar-refractivity contribution in [2.75, 3.05) is 0 Å². The summed E-state index contributed by atoms with van der Waals surface area (Å²) in [6.45, 7) is 5.63. The van der Waals surface area contributed by atoms with Crippen LogP contribution in [0.1, 0.15) is 6.92 Å². The fourth-order valence-electron chi connectivity index (χ4n) is 0.356. The monoisotopic (exact) mass is 121 g/mol. The average molecular weight is 121 g/mol. The van der Waals surface area contributed by atoms with Gasteiger partial charge < -0.3 is 5.32 Å². The summed E-state index contributed by atoms with van der Waals surface area (Å²) in [5, 5.41) is 3.05. The van der Waals surface area contributed by atoms with E-state index in [1.165, 1.54) is 0 Å². The molecule has 9 heavy (non-hydrogen) atoms. The maximum absolute atomic E-state index is 5.20. The molecule has 2 heteroatoms. The second-order valence-corrected chi connectivity index (χ2v) is 1.83. The van der Waals surface area contributed by atoms with E-state index in [2.05, 4.69) is 11.9 Å². The van der Waals surface area contributed by atoms with E-state index in [0.29, 0.717) is 12.4 Å². The van der Waals surface area contributed by atoms with Gasteiger partial charge >= 0.3 is 0 Å². The fourth-order valence-corrected chi connectivity index (χ4v) is 0.356. The summed E-state index contributed by atoms with van der Waals surface area (Å²) in [5.41, 5.74) is 0. The topological polar surface area (TPSA) is 12.0 Å². The van der Waals surface area contributed by atoms with Crippen LogP contribution >= 0.6 is 0 Å². The SMILES string of the molecule is [B]C/C=C\NC(C)C=C. The van der Waals surface area contributed by atoms with Gasteiger partial charge in [-0.1, -0.05) is 18.5 Å². The largest absolute Gasteiger partial charge is 0.385 e. The van der Waals surface area contributed by atoms with E-state index in [1.807, 2.05) is 25.3 Å². The van der Waals surface area contributed by atoms with E-state index in [0.717, 1.165) is 0 Å². The van der Waals surface area contributed by atoms with Crippen molar-refractivity contribution >= 4 is 7.85 Å². The molecular weight excluding hydrogens is 109 g/mol. The summed E-state index contributed by atoms with van der Waals surface area (Å²) in [4.78, 5) is 0. The number of hydrogen-bond donors (Lipinski definition) is 1. The molecule has 0 aliphatic rings. The van der Waals surface area contributed by atoms with E-state index >= 15 is 0 Å². The molecule has 0 aromatic heterocycles. The van der Waals surface area contributed by atoms with Crippen molar-refractivity contribution in [3.63, 3.8) is 0 Å². The highest BCUT2D eigenvalue weighted by molar-refractivity contribution is 6.09. The molecule has 0 aromatic carbocycles. The second-order valence-electron chi connectivity index (χ2n) is 1.83. The van der Waals surface area contributed by atoms with Gasteiger partial charge in [0.05, 0.1) is 7.85 Å². The van der Waals surface area contributed by atoms with Gasteiger partial charge in [-0.05, 0) is 13.1 Å². The molecule has 1 unspecified atom stereocenters. The Hall–Kier alpha value is -0.655. The summed E-state index contributed by atoms with van der Waals surface area (Å²) >= 11 is 0. The second kappa shape index (κ2) is 5.48. The zero-order valence-corrected chi connectivity index (χ0v) is 5.80. The van der Waals surface area contributed by atoms with Crippen LogP contribution in [0.3, 0.4) is 0 Å². The van der Waals surface area contributed by atoms with Gasteiger partial charge in [-0.2, -0.15) is 0 Å². The van der Waals surface area contributed by atoms with E-state index < -0.39 is 0 Å². The fraction of sp³-hybridized carbons (Fsp3) is 0.429. The smallest absolute Gasteiger partial charge is 0.0709 e. The van der Waals surface area contributed by atoms with Gasteiger partial charge in [0.1, 0.15) is 0 Å². The van der Waals surface area contributed by atoms with E-state index in [4.69, 9.17) is 7.85 Å². The zero-order valence-electron chi connectivity index (χ0n) is 5.80. The van der Waals surface area contributed by atoms with Crippen LogP contribution < -0.4 is 5.32 Å². The summed E-state index contributed by atoms with van der Waals surface area (Å²) in [6, 6.07) is 0.327. The Bertz CT molecular complexity index is 99.1. The molecule has 1 nitrogen and oxygen atoms in total. The van der Waals surface area contributed by atoms with Crippen molar-refractivity contribution in [3.8, 4) is 0 Å². The summed E-state index contributed by atoms with van der Waals surface area (Å²) < 4.78 is 0. The standard InChI is InChI=1S/C7H12BN/c1-3-7(2)9-6-4-5-8/h3-4,6-7,9H,1,5H2,2H3/b6-4-. The van der Waals surface area contributed by atoms with Gasteiger partial charge in [0, 0.05) is 6.04 Å². The predicted octanol–water partition coefficient (Wildman–Crippen LogP) is 1.25. The lowest BCUT2D eigenvalue weighted by Gasteiger charge is -2.03. The third kappa shape index (κ3) is 5.21. The van der Waals surface area contributed by atoms with Gasteiger partial charge in [-0.3, -0.25) is 0 Å². The molecule has 48 valence electrons. The first-order valence-electron chi connectivity index (χ1n) is 3.05. The Kier molecular flexibility index (Phi) is 5.08. The summed E-state index contributed by atoms with van der Waals surface area (Å²) in [7, 11) is 5.20. The van der Waals surface area contributed by atoms with Crippen LogP contribution in [0.25, 0.3) is 0 Å². The Morgan fingerprint density at radius 3 is 2.89 bits per heavy atom. The molecule has 0 saturated carbocycles. The van der Waals surface area contributed by atoms with Crippen molar-refractivity contribution in [1.82, 2.24) is 5.32 Å². The first kappa shape index (κ1) is 8.34. The molecule has 0 amide bonds. The van der Waals surface area contributed by atoms with Crippen molar-refractivity contribution in [3.05, 3.63) is 24.9 Å². The minimum atomic E-state index is 0.327. The Morgan fingerprint density at radius 2 is 2.44 bits per heavy atom. The molecule has 1 N–H and O–H groups in total. The van der Waals surface area contributed by atoms with Gasteiger partial charge in [0.25, 0.3) is 0 Å². The third-order valence-corrected chi connectivity index (χ3v) is 0.967. The normalized spacial score (nSPS) is 13.4. The van der Waals surface area contributed by atoms with E-state index in [1.54, 1.807) is 0 Å². The number of rotatable bonds is 4. The van der Waals surface area contributed by atoms with Crippen molar-refractivity contribution < 1.29 is 0 Å². The molecule has 0 spiro atoms. The first-order chi connectivity index (χ1) is 4.31. The molecule has 0 fully saturated rings. The van der Waals surface area contributed by atoms with Crippen LogP contribution in [0.15, 0.2) is 24.9 Å². The van der Waals surface area contributed by atoms with Gasteiger partial charge in [0.2, 0.25) is 0 Å². The van der Waals surface area contributed by atoms with Crippen molar-refractivity contribution in [2.24, 2.45) is 0 Å². The Balaban J connectivity index is 3.25.